The Morgan fingerprint density at radius 3 is 2.18 bits per heavy atom. The molecule has 0 spiro atoms. The summed E-state index contributed by atoms with van der Waals surface area (Å²) < 4.78 is 0. The molecule has 4 nitrogen and oxygen atoms in total. The van der Waals surface area contributed by atoms with Crippen molar-refractivity contribution in [2.75, 3.05) is 0 Å². The number of carbonyl (C=O) groups is 1. The zero-order valence-corrected chi connectivity index (χ0v) is 12.4. The minimum atomic E-state index is -0.170. The highest BCUT2D eigenvalue weighted by molar-refractivity contribution is 6.35. The van der Waals surface area contributed by atoms with E-state index in [0.717, 1.165) is 18.4 Å². The predicted octanol–water partition coefficient (Wildman–Crippen LogP) is 3.37. The Balaban J connectivity index is 1.85. The van der Waals surface area contributed by atoms with Gasteiger partial charge in [-0.3, -0.25) is 9.79 Å². The van der Waals surface area contributed by atoms with Crippen LogP contribution in [0.4, 0.5) is 0 Å². The lowest BCUT2D eigenvalue weighted by Crippen LogP contribution is -2.06. The largest absolute Gasteiger partial charge is 0.508 e. The van der Waals surface area contributed by atoms with Crippen molar-refractivity contribution in [3.63, 3.8) is 0 Å². The van der Waals surface area contributed by atoms with Gasteiger partial charge < -0.3 is 10.2 Å². The van der Waals surface area contributed by atoms with E-state index in [-0.39, 0.29) is 23.3 Å². The average Bonchev–Trinajstić information content (AvgIpc) is 2.52. The maximum absolute atomic E-state index is 11.9. The fraction of sp³-hybridized carbons (Fsp3) is 0.222. The Kier molecular flexibility index (Phi) is 5.31. The van der Waals surface area contributed by atoms with Crippen LogP contribution in [0.1, 0.15) is 29.3 Å². The molecular formula is C18H19NO3. The predicted molar refractivity (Wildman–Crippen MR) is 86.8 cm³/mol. The van der Waals surface area contributed by atoms with Crippen molar-refractivity contribution in [3.8, 4) is 11.5 Å². The smallest absolute Gasteiger partial charge is 0.203 e. The third-order valence-corrected chi connectivity index (χ3v) is 3.39. The van der Waals surface area contributed by atoms with Gasteiger partial charge in [-0.05, 0) is 61.7 Å². The van der Waals surface area contributed by atoms with E-state index in [4.69, 9.17) is 0 Å². The number of hydrogen-bond acceptors (Lipinski definition) is 4. The summed E-state index contributed by atoms with van der Waals surface area (Å²) in [6.45, 7) is 1.96. The molecule has 0 heterocycles. The fourth-order valence-electron chi connectivity index (χ4n) is 2.01. The van der Waals surface area contributed by atoms with Gasteiger partial charge in [0.2, 0.25) is 5.78 Å². The number of phenolic OH excluding ortho intramolecular Hbond substituents is 2. The molecule has 0 radical (unpaired) electrons. The van der Waals surface area contributed by atoms with Crippen LogP contribution in [-0.4, -0.2) is 28.3 Å². The third kappa shape index (κ3) is 4.74. The molecule has 0 aliphatic heterocycles. The summed E-state index contributed by atoms with van der Waals surface area (Å²) in [5, 5.41) is 18.4. The monoisotopic (exact) mass is 297 g/mol. The Morgan fingerprint density at radius 1 is 1.05 bits per heavy atom. The van der Waals surface area contributed by atoms with Crippen molar-refractivity contribution in [1.29, 1.82) is 0 Å². The Morgan fingerprint density at radius 2 is 1.59 bits per heavy atom. The zero-order valence-electron chi connectivity index (χ0n) is 12.4. The van der Waals surface area contributed by atoms with Crippen LogP contribution in [0, 0.1) is 0 Å². The molecule has 0 saturated carbocycles. The van der Waals surface area contributed by atoms with Gasteiger partial charge in [0.25, 0.3) is 0 Å². The van der Waals surface area contributed by atoms with Gasteiger partial charge in [-0.25, -0.2) is 0 Å². The first kappa shape index (κ1) is 15.8. The zero-order chi connectivity index (χ0) is 15.9. The average molecular weight is 297 g/mol. The molecule has 0 fully saturated rings. The molecule has 2 aromatic rings. The summed E-state index contributed by atoms with van der Waals surface area (Å²) in [4.78, 5) is 16.2. The first-order valence-corrected chi connectivity index (χ1v) is 7.19. The molecule has 0 aromatic heterocycles. The van der Waals surface area contributed by atoms with Crippen molar-refractivity contribution < 1.29 is 15.0 Å². The number of aliphatic imine (C=N–C) groups is 1. The van der Waals surface area contributed by atoms with Crippen LogP contribution in [0.2, 0.25) is 0 Å². The summed E-state index contributed by atoms with van der Waals surface area (Å²) in [6, 6.07) is 13.2. The van der Waals surface area contributed by atoms with E-state index in [1.807, 2.05) is 19.1 Å². The number of phenols is 2. The van der Waals surface area contributed by atoms with Crippen LogP contribution in [0.15, 0.2) is 53.5 Å². The molecule has 1 unspecified atom stereocenters. The summed E-state index contributed by atoms with van der Waals surface area (Å²) >= 11 is 0. The molecule has 2 aromatic carbocycles. The van der Waals surface area contributed by atoms with Crippen molar-refractivity contribution in [2.45, 2.75) is 25.8 Å². The van der Waals surface area contributed by atoms with E-state index in [2.05, 4.69) is 4.99 Å². The van der Waals surface area contributed by atoms with Gasteiger partial charge >= 0.3 is 0 Å². The van der Waals surface area contributed by atoms with E-state index >= 15 is 0 Å². The van der Waals surface area contributed by atoms with E-state index in [9.17, 15) is 15.0 Å². The minimum absolute atomic E-state index is 0.0369. The Labute approximate surface area is 129 Å². The van der Waals surface area contributed by atoms with Crippen molar-refractivity contribution >= 4 is 12.0 Å². The maximum atomic E-state index is 11.9. The number of carbonyl (C=O) groups excluding carboxylic acids is 1. The molecule has 2 N–H and O–H groups in total. The molecule has 114 valence electrons. The third-order valence-electron chi connectivity index (χ3n) is 3.39. The molecule has 22 heavy (non-hydrogen) atoms. The lowest BCUT2D eigenvalue weighted by Gasteiger charge is -2.06. The second-order valence-electron chi connectivity index (χ2n) is 5.24. The second kappa shape index (κ2) is 7.41. The van der Waals surface area contributed by atoms with Crippen molar-refractivity contribution in [2.24, 2.45) is 4.99 Å². The van der Waals surface area contributed by atoms with Crippen molar-refractivity contribution in [3.05, 3.63) is 59.7 Å². The van der Waals surface area contributed by atoms with Gasteiger partial charge in [-0.15, -0.1) is 0 Å². The van der Waals surface area contributed by atoms with Gasteiger partial charge in [0.15, 0.2) is 0 Å². The number of Topliss-reactive ketones (excluding diaryl/α,β-unsaturated/α-hetero) is 1. The molecular weight excluding hydrogens is 278 g/mol. The van der Waals surface area contributed by atoms with Crippen LogP contribution in [0.25, 0.3) is 0 Å². The van der Waals surface area contributed by atoms with E-state index < -0.39 is 0 Å². The van der Waals surface area contributed by atoms with Crippen LogP contribution in [0.3, 0.4) is 0 Å². The standard InChI is InChI=1S/C18H19NO3/c1-13(2-3-14-4-8-16(20)9-5-14)19-12-18(22)15-6-10-17(21)11-7-15/h4-13,20-21H,2-3H2,1H3. The number of nitrogens with zero attached hydrogens (tertiary/aromatic N) is 1. The molecule has 1 atom stereocenters. The highest BCUT2D eigenvalue weighted by atomic mass is 16.3. The summed E-state index contributed by atoms with van der Waals surface area (Å²) in [5.74, 6) is 0.224. The molecule has 0 aliphatic carbocycles. The minimum Gasteiger partial charge on any atom is -0.508 e. The lowest BCUT2D eigenvalue weighted by molar-refractivity contribution is 0.107. The Bertz CT molecular complexity index is 645. The van der Waals surface area contributed by atoms with Crippen LogP contribution < -0.4 is 0 Å². The number of ketones is 1. The van der Waals surface area contributed by atoms with E-state index in [1.54, 1.807) is 24.3 Å². The molecule has 4 heteroatoms. The molecule has 0 saturated heterocycles. The first-order chi connectivity index (χ1) is 10.5. The van der Waals surface area contributed by atoms with Gasteiger partial charge in [0, 0.05) is 11.6 Å². The van der Waals surface area contributed by atoms with Crippen LogP contribution in [0.5, 0.6) is 11.5 Å². The summed E-state index contributed by atoms with van der Waals surface area (Å²) in [6.07, 6.45) is 3.00. The first-order valence-electron chi connectivity index (χ1n) is 7.19. The molecule has 0 bridgehead atoms. The highest BCUT2D eigenvalue weighted by Crippen LogP contribution is 2.13. The number of rotatable bonds is 6. The van der Waals surface area contributed by atoms with Gasteiger partial charge in [-0.1, -0.05) is 12.1 Å². The summed E-state index contributed by atoms with van der Waals surface area (Å²) in [7, 11) is 0. The Hall–Kier alpha value is -2.62. The normalized spacial score (nSPS) is 12.4. The fourth-order valence-corrected chi connectivity index (χ4v) is 2.01. The van der Waals surface area contributed by atoms with Gasteiger partial charge in [-0.2, -0.15) is 0 Å². The summed E-state index contributed by atoms with van der Waals surface area (Å²) in [5.41, 5.74) is 1.64. The lowest BCUT2D eigenvalue weighted by atomic mass is 10.1. The van der Waals surface area contributed by atoms with Crippen LogP contribution >= 0.6 is 0 Å². The number of benzene rings is 2. The van der Waals surface area contributed by atoms with E-state index in [1.165, 1.54) is 18.3 Å². The van der Waals surface area contributed by atoms with Gasteiger partial charge in [0.05, 0.1) is 6.21 Å². The number of hydrogen-bond donors (Lipinski definition) is 2. The molecule has 2 rings (SSSR count). The van der Waals surface area contributed by atoms with Crippen molar-refractivity contribution in [1.82, 2.24) is 0 Å². The van der Waals surface area contributed by atoms with Gasteiger partial charge in [0.1, 0.15) is 11.5 Å². The number of aromatic hydroxyl groups is 2. The highest BCUT2D eigenvalue weighted by Gasteiger charge is 2.04. The van der Waals surface area contributed by atoms with Crippen LogP contribution in [-0.2, 0) is 6.42 Å². The SMILES string of the molecule is CC(CCc1ccc(O)cc1)N=CC(=O)c1ccc(O)cc1. The second-order valence-corrected chi connectivity index (χ2v) is 5.24. The van der Waals surface area contributed by atoms with E-state index in [0.29, 0.717) is 5.56 Å². The topological polar surface area (TPSA) is 69.9 Å². The molecule has 0 amide bonds. The number of aryl methyl sites for hydroxylation is 1. The quantitative estimate of drug-likeness (QED) is 0.634. The molecule has 0 aliphatic rings. The maximum Gasteiger partial charge on any atom is 0.203 e.